The van der Waals surface area contributed by atoms with Gasteiger partial charge >= 0.3 is 5.97 Å². The number of rotatable bonds is 3. The maximum absolute atomic E-state index is 11.6. The first-order valence-electron chi connectivity index (χ1n) is 8.48. The van der Waals surface area contributed by atoms with Gasteiger partial charge in [-0.05, 0) is 32.4 Å². The Kier molecular flexibility index (Phi) is 3.49. The first kappa shape index (κ1) is 15.6. The van der Waals surface area contributed by atoms with E-state index < -0.39 is 0 Å². The molecule has 6 nitrogen and oxygen atoms in total. The van der Waals surface area contributed by atoms with E-state index in [0.717, 1.165) is 40.0 Å². The summed E-state index contributed by atoms with van der Waals surface area (Å²) in [4.78, 5) is 21.2. The molecule has 25 heavy (non-hydrogen) atoms. The lowest BCUT2D eigenvalue weighted by Crippen LogP contribution is -2.05. The summed E-state index contributed by atoms with van der Waals surface area (Å²) in [5.74, 6) is 1.02. The molecule has 0 amide bonds. The highest BCUT2D eigenvalue weighted by molar-refractivity contribution is 6.00. The lowest BCUT2D eigenvalue weighted by molar-refractivity contribution is -0.131. The summed E-state index contributed by atoms with van der Waals surface area (Å²) in [6, 6.07) is 8.19. The number of nitrogens with zero attached hydrogens (tertiary/aromatic N) is 4. The lowest BCUT2D eigenvalue weighted by atomic mass is 10.2. The number of aryl methyl sites for hydroxylation is 1. The molecule has 4 rings (SSSR count). The highest BCUT2D eigenvalue weighted by Gasteiger charge is 2.22. The zero-order chi connectivity index (χ0) is 17.7. The molecule has 1 atom stereocenters. The second-order valence-corrected chi connectivity index (χ2v) is 6.37. The van der Waals surface area contributed by atoms with Crippen molar-refractivity contribution in [2.75, 3.05) is 0 Å². The number of fused-ring (bicyclic) bond motifs is 5. The summed E-state index contributed by atoms with van der Waals surface area (Å²) >= 11 is 0. The molecule has 0 N–H and O–H groups in total. The van der Waals surface area contributed by atoms with Crippen molar-refractivity contribution in [3.8, 4) is 5.75 Å². The molecule has 0 aliphatic heterocycles. The average molecular weight is 336 g/mol. The standard InChI is InChI=1S/C19H20N4O2/c1-5-11(2)22-10-16(25-13(4)24)17-18(22)20-12(3)23-15-9-7-6-8-14(15)21-19(17)23/h6-11H,5H2,1-4H3/t11-/m0/s1. The fraction of sp³-hybridized carbons (Fsp3) is 0.316. The molecule has 0 radical (unpaired) electrons. The van der Waals surface area contributed by atoms with Crippen molar-refractivity contribution in [3.63, 3.8) is 0 Å². The number of aromatic nitrogens is 4. The van der Waals surface area contributed by atoms with Gasteiger partial charge in [-0.15, -0.1) is 0 Å². The highest BCUT2D eigenvalue weighted by Crippen LogP contribution is 2.35. The molecule has 0 aliphatic carbocycles. The normalized spacial score (nSPS) is 13.0. The maximum Gasteiger partial charge on any atom is 0.308 e. The molecule has 0 aliphatic rings. The molecule has 0 spiro atoms. The molecule has 0 fully saturated rings. The van der Waals surface area contributed by atoms with E-state index in [2.05, 4.69) is 18.4 Å². The van der Waals surface area contributed by atoms with Crippen LogP contribution in [0.15, 0.2) is 30.5 Å². The molecule has 6 heteroatoms. The molecular formula is C19H20N4O2. The summed E-state index contributed by atoms with van der Waals surface area (Å²) in [7, 11) is 0. The van der Waals surface area contributed by atoms with Gasteiger partial charge in [-0.25, -0.2) is 9.97 Å². The van der Waals surface area contributed by atoms with Crippen molar-refractivity contribution in [1.82, 2.24) is 18.9 Å². The van der Waals surface area contributed by atoms with E-state index >= 15 is 0 Å². The Labute approximate surface area is 145 Å². The second kappa shape index (κ2) is 5.58. The van der Waals surface area contributed by atoms with Crippen molar-refractivity contribution in [3.05, 3.63) is 36.3 Å². The topological polar surface area (TPSA) is 61.4 Å². The fourth-order valence-electron chi connectivity index (χ4n) is 3.30. The van der Waals surface area contributed by atoms with Crippen LogP contribution in [0, 0.1) is 6.92 Å². The molecule has 0 saturated carbocycles. The summed E-state index contributed by atoms with van der Waals surface area (Å²) in [6.07, 6.45) is 2.82. The van der Waals surface area contributed by atoms with E-state index in [4.69, 9.17) is 14.7 Å². The van der Waals surface area contributed by atoms with Gasteiger partial charge in [-0.3, -0.25) is 9.20 Å². The Hall–Kier alpha value is -2.89. The smallest absolute Gasteiger partial charge is 0.308 e. The number of hydrogen-bond donors (Lipinski definition) is 0. The van der Waals surface area contributed by atoms with Crippen molar-refractivity contribution >= 4 is 33.7 Å². The summed E-state index contributed by atoms with van der Waals surface area (Å²) in [6.45, 7) is 7.63. The van der Waals surface area contributed by atoms with Gasteiger partial charge in [0.1, 0.15) is 16.9 Å². The third-order valence-corrected chi connectivity index (χ3v) is 4.67. The van der Waals surface area contributed by atoms with E-state index in [1.807, 2.05) is 41.8 Å². The van der Waals surface area contributed by atoms with Crippen LogP contribution in [0.2, 0.25) is 0 Å². The number of imidazole rings is 1. The van der Waals surface area contributed by atoms with Crippen molar-refractivity contribution in [2.24, 2.45) is 0 Å². The lowest BCUT2D eigenvalue weighted by Gasteiger charge is -2.12. The Morgan fingerprint density at radius 2 is 2.00 bits per heavy atom. The van der Waals surface area contributed by atoms with Crippen molar-refractivity contribution < 1.29 is 9.53 Å². The van der Waals surface area contributed by atoms with Gasteiger partial charge in [0.15, 0.2) is 11.4 Å². The van der Waals surface area contributed by atoms with Crippen LogP contribution in [-0.2, 0) is 4.79 Å². The van der Waals surface area contributed by atoms with Gasteiger partial charge in [0, 0.05) is 19.2 Å². The van der Waals surface area contributed by atoms with Crippen molar-refractivity contribution in [2.45, 2.75) is 40.2 Å². The Morgan fingerprint density at radius 3 is 2.72 bits per heavy atom. The number of ether oxygens (including phenoxy) is 1. The number of carbonyl (C=O) groups is 1. The number of esters is 1. The summed E-state index contributed by atoms with van der Waals surface area (Å²) in [5, 5.41) is 0.775. The molecule has 3 heterocycles. The minimum absolute atomic E-state index is 0.241. The minimum atomic E-state index is -0.349. The molecular weight excluding hydrogens is 316 g/mol. The monoisotopic (exact) mass is 336 g/mol. The predicted molar refractivity (Wildman–Crippen MR) is 97.0 cm³/mol. The maximum atomic E-state index is 11.6. The quantitative estimate of drug-likeness (QED) is 0.530. The van der Waals surface area contributed by atoms with Crippen LogP contribution in [0.1, 0.15) is 39.1 Å². The number of benzene rings is 1. The van der Waals surface area contributed by atoms with Gasteiger partial charge in [-0.1, -0.05) is 19.1 Å². The van der Waals surface area contributed by atoms with E-state index in [1.165, 1.54) is 6.92 Å². The van der Waals surface area contributed by atoms with Crippen LogP contribution in [0.5, 0.6) is 5.75 Å². The Morgan fingerprint density at radius 1 is 1.24 bits per heavy atom. The van der Waals surface area contributed by atoms with Crippen LogP contribution in [-0.4, -0.2) is 24.9 Å². The highest BCUT2D eigenvalue weighted by atomic mass is 16.5. The Balaban J connectivity index is 2.18. The van der Waals surface area contributed by atoms with Gasteiger partial charge in [0.25, 0.3) is 0 Å². The van der Waals surface area contributed by atoms with Gasteiger partial charge in [0.2, 0.25) is 0 Å². The molecule has 3 aromatic heterocycles. The molecule has 0 saturated heterocycles. The molecule has 0 unspecified atom stereocenters. The van der Waals surface area contributed by atoms with E-state index in [0.29, 0.717) is 5.75 Å². The van der Waals surface area contributed by atoms with E-state index in [-0.39, 0.29) is 12.0 Å². The SMILES string of the molecule is CC[C@H](C)n1cc(OC(C)=O)c2c1nc(C)n1c3ccccc3nc21. The van der Waals surface area contributed by atoms with Crippen LogP contribution in [0.3, 0.4) is 0 Å². The van der Waals surface area contributed by atoms with Crippen LogP contribution >= 0.6 is 0 Å². The first-order chi connectivity index (χ1) is 12.0. The number of carbonyl (C=O) groups excluding carboxylic acids is 1. The number of para-hydroxylation sites is 2. The largest absolute Gasteiger partial charge is 0.424 e. The zero-order valence-electron chi connectivity index (χ0n) is 14.8. The second-order valence-electron chi connectivity index (χ2n) is 6.37. The third-order valence-electron chi connectivity index (χ3n) is 4.67. The van der Waals surface area contributed by atoms with E-state index in [1.54, 1.807) is 0 Å². The van der Waals surface area contributed by atoms with Crippen molar-refractivity contribution in [1.29, 1.82) is 0 Å². The zero-order valence-corrected chi connectivity index (χ0v) is 14.8. The first-order valence-corrected chi connectivity index (χ1v) is 8.48. The number of hydrogen-bond acceptors (Lipinski definition) is 4. The Bertz CT molecular complexity index is 1120. The molecule has 0 bridgehead atoms. The van der Waals surface area contributed by atoms with Crippen LogP contribution in [0.25, 0.3) is 27.7 Å². The predicted octanol–water partition coefficient (Wildman–Crippen LogP) is 4.04. The van der Waals surface area contributed by atoms with Crippen LogP contribution < -0.4 is 4.74 Å². The third kappa shape index (κ3) is 2.28. The molecule has 4 aromatic rings. The van der Waals surface area contributed by atoms with Gasteiger partial charge in [-0.2, -0.15) is 0 Å². The van der Waals surface area contributed by atoms with Gasteiger partial charge in [0.05, 0.1) is 11.0 Å². The van der Waals surface area contributed by atoms with E-state index in [9.17, 15) is 4.79 Å². The molecule has 128 valence electrons. The summed E-state index contributed by atoms with van der Waals surface area (Å²) in [5.41, 5.74) is 3.45. The minimum Gasteiger partial charge on any atom is -0.424 e. The molecule has 1 aromatic carbocycles. The fourth-order valence-corrected chi connectivity index (χ4v) is 3.30. The average Bonchev–Trinajstić information content (AvgIpc) is 3.12. The van der Waals surface area contributed by atoms with Gasteiger partial charge < -0.3 is 9.30 Å². The van der Waals surface area contributed by atoms with Crippen LogP contribution in [0.4, 0.5) is 0 Å². The summed E-state index contributed by atoms with van der Waals surface area (Å²) < 4.78 is 9.58.